The van der Waals surface area contributed by atoms with Crippen LogP contribution < -0.4 is 0 Å². The van der Waals surface area contributed by atoms with E-state index in [0.29, 0.717) is 11.1 Å². The van der Waals surface area contributed by atoms with Gasteiger partial charge in [-0.2, -0.15) is 11.8 Å². The number of halogens is 1. The van der Waals surface area contributed by atoms with Crippen molar-refractivity contribution in [2.45, 2.75) is 23.1 Å². The molecule has 0 amide bonds. The van der Waals surface area contributed by atoms with Crippen LogP contribution in [0.3, 0.4) is 0 Å². The van der Waals surface area contributed by atoms with Crippen LogP contribution in [0.5, 0.6) is 0 Å². The molecule has 0 aliphatic heterocycles. The van der Waals surface area contributed by atoms with Crippen LogP contribution in [0, 0.1) is 5.82 Å². The normalized spacial score (nSPS) is 12.6. The smallest absolute Gasteiger partial charge is 0.277 e. The molecule has 0 fully saturated rings. The Morgan fingerprint density at radius 1 is 1.28 bits per heavy atom. The zero-order chi connectivity index (χ0) is 13.0. The van der Waals surface area contributed by atoms with Gasteiger partial charge in [-0.1, -0.05) is 23.9 Å². The molecule has 3 nitrogen and oxygen atoms in total. The van der Waals surface area contributed by atoms with Gasteiger partial charge in [0.2, 0.25) is 5.89 Å². The van der Waals surface area contributed by atoms with Gasteiger partial charge in [0.15, 0.2) is 0 Å². The van der Waals surface area contributed by atoms with Crippen molar-refractivity contribution in [2.75, 3.05) is 6.26 Å². The van der Waals surface area contributed by atoms with Crippen LogP contribution in [0.4, 0.5) is 4.39 Å². The van der Waals surface area contributed by atoms with Gasteiger partial charge in [-0.3, -0.25) is 0 Å². The summed E-state index contributed by atoms with van der Waals surface area (Å²) in [6.45, 7) is 2.02. The molecule has 1 atom stereocenters. The van der Waals surface area contributed by atoms with Crippen LogP contribution in [-0.2, 0) is 5.75 Å². The molecular formula is C12H13FN2OS2. The standard InChI is InChI=1S/C12H13FN2OS2/c1-8(9-3-5-10(13)6-4-9)18-12-15-14-11(16-12)7-17-2/h3-6,8H,7H2,1-2H3/t8-/m1/s1. The third-order valence-corrected chi connectivity index (χ3v) is 3.86. The fraction of sp³-hybridized carbons (Fsp3) is 0.333. The fourth-order valence-electron chi connectivity index (χ4n) is 1.42. The predicted molar refractivity (Wildman–Crippen MR) is 72.2 cm³/mol. The van der Waals surface area contributed by atoms with E-state index in [2.05, 4.69) is 10.2 Å². The van der Waals surface area contributed by atoms with E-state index >= 15 is 0 Å². The van der Waals surface area contributed by atoms with Crippen molar-refractivity contribution in [3.05, 3.63) is 41.5 Å². The molecule has 1 aromatic heterocycles. The number of aromatic nitrogens is 2. The minimum Gasteiger partial charge on any atom is -0.415 e. The average Bonchev–Trinajstić information content (AvgIpc) is 2.78. The highest BCUT2D eigenvalue weighted by Gasteiger charge is 2.13. The lowest BCUT2D eigenvalue weighted by Gasteiger charge is -2.07. The summed E-state index contributed by atoms with van der Waals surface area (Å²) in [5.41, 5.74) is 1.03. The second-order valence-corrected chi connectivity index (χ2v) is 5.86. The Bertz CT molecular complexity index is 501. The van der Waals surface area contributed by atoms with Crippen molar-refractivity contribution in [3.8, 4) is 0 Å². The van der Waals surface area contributed by atoms with E-state index in [1.165, 1.54) is 23.9 Å². The maximum absolute atomic E-state index is 12.8. The van der Waals surface area contributed by atoms with Crippen LogP contribution in [0.2, 0.25) is 0 Å². The highest BCUT2D eigenvalue weighted by molar-refractivity contribution is 7.99. The van der Waals surface area contributed by atoms with Crippen LogP contribution in [0.25, 0.3) is 0 Å². The topological polar surface area (TPSA) is 38.9 Å². The molecule has 1 heterocycles. The van der Waals surface area contributed by atoms with Gasteiger partial charge in [-0.25, -0.2) is 4.39 Å². The summed E-state index contributed by atoms with van der Waals surface area (Å²) in [7, 11) is 0. The number of nitrogens with zero attached hydrogens (tertiary/aromatic N) is 2. The lowest BCUT2D eigenvalue weighted by molar-refractivity contribution is 0.426. The Morgan fingerprint density at radius 3 is 2.67 bits per heavy atom. The summed E-state index contributed by atoms with van der Waals surface area (Å²) >= 11 is 3.11. The fourth-order valence-corrected chi connectivity index (χ4v) is 2.61. The van der Waals surface area contributed by atoms with E-state index in [1.54, 1.807) is 23.9 Å². The third kappa shape index (κ3) is 3.49. The molecule has 2 aromatic rings. The molecule has 0 aliphatic rings. The molecule has 0 spiro atoms. The number of hydrogen-bond acceptors (Lipinski definition) is 5. The van der Waals surface area contributed by atoms with Crippen molar-refractivity contribution >= 4 is 23.5 Å². The summed E-state index contributed by atoms with van der Waals surface area (Å²) in [6.07, 6.45) is 1.98. The molecule has 0 radical (unpaired) electrons. The molecule has 0 saturated carbocycles. The summed E-state index contributed by atoms with van der Waals surface area (Å²) in [6, 6.07) is 6.46. The van der Waals surface area contributed by atoms with Crippen molar-refractivity contribution < 1.29 is 8.81 Å². The molecular weight excluding hydrogens is 271 g/mol. The number of benzene rings is 1. The highest BCUT2D eigenvalue weighted by atomic mass is 32.2. The Morgan fingerprint density at radius 2 is 2.00 bits per heavy atom. The van der Waals surface area contributed by atoms with Gasteiger partial charge in [0.05, 0.1) is 5.75 Å². The molecule has 2 rings (SSSR count). The van der Waals surface area contributed by atoms with Crippen LogP contribution in [-0.4, -0.2) is 16.5 Å². The molecule has 0 unspecified atom stereocenters. The zero-order valence-corrected chi connectivity index (χ0v) is 11.7. The van der Waals surface area contributed by atoms with Crippen molar-refractivity contribution in [2.24, 2.45) is 0 Å². The van der Waals surface area contributed by atoms with E-state index in [4.69, 9.17) is 4.42 Å². The summed E-state index contributed by atoms with van der Waals surface area (Å²) in [5.74, 6) is 1.13. The second kappa shape index (κ2) is 6.24. The lowest BCUT2D eigenvalue weighted by atomic mass is 10.2. The Kier molecular flexibility index (Phi) is 4.66. The van der Waals surface area contributed by atoms with E-state index in [1.807, 2.05) is 13.2 Å². The largest absolute Gasteiger partial charge is 0.415 e. The van der Waals surface area contributed by atoms with E-state index in [-0.39, 0.29) is 11.1 Å². The van der Waals surface area contributed by atoms with Gasteiger partial charge in [0, 0.05) is 5.25 Å². The molecule has 0 bridgehead atoms. The monoisotopic (exact) mass is 284 g/mol. The maximum atomic E-state index is 12.8. The van der Waals surface area contributed by atoms with Gasteiger partial charge >= 0.3 is 0 Å². The first-order valence-electron chi connectivity index (χ1n) is 5.42. The highest BCUT2D eigenvalue weighted by Crippen LogP contribution is 2.34. The summed E-state index contributed by atoms with van der Waals surface area (Å²) < 4.78 is 18.3. The van der Waals surface area contributed by atoms with Crippen LogP contribution >= 0.6 is 23.5 Å². The Labute approximate surface area is 114 Å². The molecule has 96 valence electrons. The first-order valence-corrected chi connectivity index (χ1v) is 7.70. The minimum atomic E-state index is -0.226. The van der Waals surface area contributed by atoms with Crippen molar-refractivity contribution in [1.29, 1.82) is 0 Å². The first-order chi connectivity index (χ1) is 8.69. The van der Waals surface area contributed by atoms with Crippen LogP contribution in [0.15, 0.2) is 33.9 Å². The minimum absolute atomic E-state index is 0.146. The van der Waals surface area contributed by atoms with Gasteiger partial charge in [-0.15, -0.1) is 10.2 Å². The SMILES string of the molecule is CSCc1nnc(S[C@H](C)c2ccc(F)cc2)o1. The van der Waals surface area contributed by atoms with E-state index in [9.17, 15) is 4.39 Å². The van der Waals surface area contributed by atoms with Crippen molar-refractivity contribution in [3.63, 3.8) is 0 Å². The summed E-state index contributed by atoms with van der Waals surface area (Å²) in [5, 5.41) is 8.62. The number of thioether (sulfide) groups is 2. The van der Waals surface area contributed by atoms with Gasteiger partial charge in [0.25, 0.3) is 5.22 Å². The number of hydrogen-bond donors (Lipinski definition) is 0. The molecule has 0 aliphatic carbocycles. The molecule has 6 heteroatoms. The van der Waals surface area contributed by atoms with Crippen LogP contribution in [0.1, 0.15) is 23.6 Å². The van der Waals surface area contributed by atoms with Gasteiger partial charge in [-0.05, 0) is 30.9 Å². The quantitative estimate of drug-likeness (QED) is 0.778. The Balaban J connectivity index is 2.01. The molecule has 18 heavy (non-hydrogen) atoms. The zero-order valence-electron chi connectivity index (χ0n) is 10.1. The lowest BCUT2D eigenvalue weighted by Crippen LogP contribution is -1.88. The number of rotatable bonds is 5. The van der Waals surface area contributed by atoms with E-state index < -0.39 is 0 Å². The summed E-state index contributed by atoms with van der Waals surface area (Å²) in [4.78, 5) is 0. The van der Waals surface area contributed by atoms with Gasteiger partial charge < -0.3 is 4.42 Å². The predicted octanol–water partition coefficient (Wildman–Crippen LogP) is 3.93. The molecule has 0 N–H and O–H groups in total. The van der Waals surface area contributed by atoms with Gasteiger partial charge in [0.1, 0.15) is 5.82 Å². The first kappa shape index (κ1) is 13.4. The van der Waals surface area contributed by atoms with E-state index in [0.717, 1.165) is 11.3 Å². The Hall–Kier alpha value is -1.01. The average molecular weight is 284 g/mol. The molecule has 1 aromatic carbocycles. The second-order valence-electron chi connectivity index (χ2n) is 3.71. The third-order valence-electron chi connectivity index (χ3n) is 2.33. The van der Waals surface area contributed by atoms with Crippen molar-refractivity contribution in [1.82, 2.24) is 10.2 Å². The molecule has 0 saturated heterocycles. The maximum Gasteiger partial charge on any atom is 0.277 e.